The molecule has 0 saturated heterocycles. The second-order valence-electron chi connectivity index (χ2n) is 5.85. The molecule has 1 amide bonds. The van der Waals surface area contributed by atoms with Gasteiger partial charge in [0, 0.05) is 0 Å². The Morgan fingerprint density at radius 1 is 1.23 bits per heavy atom. The monoisotopic (exact) mass is 413 g/mol. The first-order valence-electron chi connectivity index (χ1n) is 7.99. The van der Waals surface area contributed by atoms with Crippen LogP contribution >= 0.6 is 0 Å². The van der Waals surface area contributed by atoms with Crippen molar-refractivity contribution in [1.82, 2.24) is 14.9 Å². The van der Waals surface area contributed by atoms with Crippen LogP contribution in [0, 0.1) is 5.82 Å². The molecule has 132 valence electrons. The standard InChI is InChI=1S/C19H17AsFN3O2/c1-24(6-7-26-2)19(25)16-10-13(12-4-3-5-14(21)8-12)9-15-17(16)22-11-23-18(15)20/h3-5,8-11H,6-7H2,1-2H3. The Balaban J connectivity index is 2.17. The van der Waals surface area contributed by atoms with E-state index in [2.05, 4.69) is 26.8 Å². The van der Waals surface area contributed by atoms with Crippen LogP contribution < -0.4 is 4.48 Å². The summed E-state index contributed by atoms with van der Waals surface area (Å²) in [4.78, 5) is 23.0. The second-order valence-corrected chi connectivity index (χ2v) is 6.74. The van der Waals surface area contributed by atoms with E-state index in [1.165, 1.54) is 18.5 Å². The molecule has 3 aromatic rings. The van der Waals surface area contributed by atoms with Crippen LogP contribution in [0.4, 0.5) is 4.39 Å². The number of fused-ring (bicyclic) bond motifs is 1. The topological polar surface area (TPSA) is 55.3 Å². The molecule has 7 heteroatoms. The van der Waals surface area contributed by atoms with Gasteiger partial charge in [0.25, 0.3) is 0 Å². The first-order valence-corrected chi connectivity index (χ1v) is 8.93. The maximum atomic E-state index is 13.7. The number of likely N-dealkylation sites (N-methyl/N-ethyl adjacent to an activating group) is 1. The maximum absolute atomic E-state index is 13.7. The van der Waals surface area contributed by atoms with E-state index in [0.717, 1.165) is 10.9 Å². The Kier molecular flexibility index (Phi) is 5.64. The Morgan fingerprint density at radius 2 is 2.04 bits per heavy atom. The van der Waals surface area contributed by atoms with E-state index >= 15 is 0 Å². The van der Waals surface area contributed by atoms with Crippen molar-refractivity contribution in [2.45, 2.75) is 0 Å². The molecule has 0 aliphatic heterocycles. The van der Waals surface area contributed by atoms with Gasteiger partial charge in [-0.15, -0.1) is 0 Å². The molecule has 0 saturated carbocycles. The fourth-order valence-corrected chi connectivity index (χ4v) is 3.15. The van der Waals surface area contributed by atoms with E-state index in [0.29, 0.717) is 34.3 Å². The summed E-state index contributed by atoms with van der Waals surface area (Å²) in [6.45, 7) is 0.899. The van der Waals surface area contributed by atoms with Crippen molar-refractivity contribution in [3.63, 3.8) is 0 Å². The second kappa shape index (κ2) is 7.94. The zero-order chi connectivity index (χ0) is 18.7. The van der Waals surface area contributed by atoms with Crippen LogP contribution in [-0.2, 0) is 4.74 Å². The minimum atomic E-state index is -0.329. The van der Waals surface area contributed by atoms with Gasteiger partial charge in [-0.2, -0.15) is 0 Å². The Labute approximate surface area is 159 Å². The molecule has 0 fully saturated rings. The van der Waals surface area contributed by atoms with Gasteiger partial charge in [-0.3, -0.25) is 0 Å². The molecule has 0 N–H and O–H groups in total. The first-order chi connectivity index (χ1) is 12.5. The number of amides is 1. The molecule has 5 nitrogen and oxygen atoms in total. The van der Waals surface area contributed by atoms with Crippen LogP contribution in [0.1, 0.15) is 10.4 Å². The third-order valence-electron chi connectivity index (χ3n) is 4.08. The van der Waals surface area contributed by atoms with Gasteiger partial charge in [0.15, 0.2) is 0 Å². The summed E-state index contributed by atoms with van der Waals surface area (Å²) in [5.74, 6) is -0.500. The molecule has 0 unspecified atom stereocenters. The number of hydrogen-bond donors (Lipinski definition) is 0. The number of halogens is 1. The molecule has 0 aliphatic carbocycles. The summed E-state index contributed by atoms with van der Waals surface area (Å²) in [5.41, 5.74) is 2.46. The van der Waals surface area contributed by atoms with Crippen LogP contribution in [0.25, 0.3) is 22.0 Å². The number of hydrogen-bond acceptors (Lipinski definition) is 4. The van der Waals surface area contributed by atoms with Gasteiger partial charge in [-0.1, -0.05) is 0 Å². The van der Waals surface area contributed by atoms with Gasteiger partial charge in [0.1, 0.15) is 0 Å². The molecule has 1 heterocycles. The van der Waals surface area contributed by atoms with E-state index in [9.17, 15) is 9.18 Å². The quantitative estimate of drug-likeness (QED) is 0.601. The molecule has 2 aromatic carbocycles. The van der Waals surface area contributed by atoms with E-state index in [1.807, 2.05) is 6.07 Å². The third kappa shape index (κ3) is 3.76. The van der Waals surface area contributed by atoms with Crippen molar-refractivity contribution in [2.75, 3.05) is 27.3 Å². The predicted octanol–water partition coefficient (Wildman–Crippen LogP) is 1.95. The summed E-state index contributed by atoms with van der Waals surface area (Å²) in [6, 6.07) is 9.91. The van der Waals surface area contributed by atoms with Crippen LogP contribution in [0.2, 0.25) is 0 Å². The van der Waals surface area contributed by atoms with Gasteiger partial charge >= 0.3 is 159 Å². The Hall–Kier alpha value is -2.30. The number of ether oxygens (including phenoxy) is 1. The number of carbonyl (C=O) groups excluding carboxylic acids is 1. The van der Waals surface area contributed by atoms with E-state index < -0.39 is 0 Å². The minimum absolute atomic E-state index is 0.170. The number of carbonyl (C=O) groups is 1. The van der Waals surface area contributed by atoms with Crippen molar-refractivity contribution < 1.29 is 13.9 Å². The molecule has 3 rings (SSSR count). The van der Waals surface area contributed by atoms with Crippen LogP contribution in [0.3, 0.4) is 0 Å². The van der Waals surface area contributed by atoms with Crippen molar-refractivity contribution in [2.24, 2.45) is 0 Å². The fourth-order valence-electron chi connectivity index (χ4n) is 2.69. The van der Waals surface area contributed by atoms with Crippen molar-refractivity contribution in [3.05, 3.63) is 54.1 Å². The Bertz CT molecular complexity index is 965. The molecule has 0 atom stereocenters. The molecule has 0 aliphatic rings. The van der Waals surface area contributed by atoms with E-state index in [4.69, 9.17) is 4.74 Å². The van der Waals surface area contributed by atoms with Crippen LogP contribution in [0.15, 0.2) is 42.7 Å². The summed E-state index contributed by atoms with van der Waals surface area (Å²) < 4.78 is 19.4. The first kappa shape index (κ1) is 18.5. The SMILES string of the molecule is COCCN(C)C(=O)c1cc(-c2cccc(F)c2)cc2c([As])ncnc12. The zero-order valence-electron chi connectivity index (χ0n) is 14.4. The normalized spacial score (nSPS) is 10.9. The van der Waals surface area contributed by atoms with E-state index in [-0.39, 0.29) is 11.7 Å². The molecule has 2 radical (unpaired) electrons. The van der Waals surface area contributed by atoms with Crippen LogP contribution in [0.5, 0.6) is 0 Å². The van der Waals surface area contributed by atoms with Gasteiger partial charge in [0.05, 0.1) is 0 Å². The van der Waals surface area contributed by atoms with Gasteiger partial charge in [0.2, 0.25) is 0 Å². The molecular formula is C19H17AsFN3O2. The summed E-state index contributed by atoms with van der Waals surface area (Å²) >= 11 is 2.38. The van der Waals surface area contributed by atoms with Crippen LogP contribution in [-0.4, -0.2) is 64.9 Å². The van der Waals surface area contributed by atoms with Gasteiger partial charge in [-0.05, 0) is 0 Å². The Morgan fingerprint density at radius 3 is 2.77 bits per heavy atom. The van der Waals surface area contributed by atoms with Gasteiger partial charge < -0.3 is 0 Å². The molecule has 1 aromatic heterocycles. The number of nitrogens with zero attached hydrogens (tertiary/aromatic N) is 3. The average Bonchev–Trinajstić information content (AvgIpc) is 2.65. The number of rotatable bonds is 5. The molecule has 26 heavy (non-hydrogen) atoms. The summed E-state index contributed by atoms with van der Waals surface area (Å²) in [5, 5.41) is 0.748. The third-order valence-corrected chi connectivity index (χ3v) is 4.83. The van der Waals surface area contributed by atoms with E-state index in [1.54, 1.807) is 37.3 Å². The number of benzene rings is 2. The molecule has 0 spiro atoms. The molecule has 0 bridgehead atoms. The number of aromatic nitrogens is 2. The van der Waals surface area contributed by atoms with Crippen molar-refractivity contribution >= 4 is 38.1 Å². The zero-order valence-corrected chi connectivity index (χ0v) is 16.3. The molecular weight excluding hydrogens is 396 g/mol. The van der Waals surface area contributed by atoms with Crippen molar-refractivity contribution in [3.8, 4) is 11.1 Å². The average molecular weight is 413 g/mol. The predicted molar refractivity (Wildman–Crippen MR) is 99.2 cm³/mol. The van der Waals surface area contributed by atoms with Gasteiger partial charge in [-0.25, -0.2) is 0 Å². The fraction of sp³-hybridized carbons (Fsp3) is 0.211. The number of methoxy groups -OCH3 is 1. The summed E-state index contributed by atoms with van der Waals surface area (Å²) in [7, 11) is 3.30. The van der Waals surface area contributed by atoms with Crippen molar-refractivity contribution in [1.29, 1.82) is 0 Å². The summed E-state index contributed by atoms with van der Waals surface area (Å²) in [6.07, 6.45) is 1.43.